The van der Waals surface area contributed by atoms with Gasteiger partial charge >= 0.3 is 23.0 Å². The number of phenolic OH excluding ortho intramolecular Hbond substituents is 3. The van der Waals surface area contributed by atoms with E-state index >= 15 is 0 Å². The third-order valence-electron chi connectivity index (χ3n) is 14.5. The zero-order valence-corrected chi connectivity index (χ0v) is 50.4. The van der Waals surface area contributed by atoms with E-state index in [9.17, 15) is 39.9 Å². The summed E-state index contributed by atoms with van der Waals surface area (Å²) in [7, 11) is 0. The van der Waals surface area contributed by atoms with Crippen molar-refractivity contribution in [1.82, 2.24) is 0 Å². The standard InChI is InChI=1S/C29H50O5.2C18H36O2.Fe/c1-2-3-4-5-6-7-8-9-10-11-12-13-14-15-16-17-18-19-20-21-22-34-29(33)25-23-26(30)28(32)27(31)24-25;2*1-2-3-4-5-6-7-8-9-10-11-12-13-14-15-16-17-18(19)20;/h23-24,30-32H,2-22H2,1H3;2*2-17H2,1H3,(H,19,20);/q;;;+2/p-2. The number of carboxylic acids is 2. The van der Waals surface area contributed by atoms with Crippen molar-refractivity contribution < 1.29 is 61.7 Å². The van der Waals surface area contributed by atoms with E-state index < -0.39 is 35.2 Å². The van der Waals surface area contributed by atoms with Crippen LogP contribution in [0.5, 0.6) is 17.2 Å². The summed E-state index contributed by atoms with van der Waals surface area (Å²) >= 11 is 0. The quantitative estimate of drug-likeness (QED) is 0.0249. The molecule has 75 heavy (non-hydrogen) atoms. The van der Waals surface area contributed by atoms with Gasteiger partial charge in [0.15, 0.2) is 17.2 Å². The van der Waals surface area contributed by atoms with Gasteiger partial charge in [-0.15, -0.1) is 0 Å². The van der Waals surface area contributed by atoms with E-state index in [0.717, 1.165) is 57.1 Å². The van der Waals surface area contributed by atoms with Gasteiger partial charge in [-0.25, -0.2) is 4.79 Å². The minimum Gasteiger partial charge on any atom is -0.550 e. The molecule has 0 fully saturated rings. The number of esters is 1. The number of carbonyl (C=O) groups is 3. The number of carbonyl (C=O) groups excluding carboxylic acids is 3. The van der Waals surface area contributed by atoms with Crippen molar-refractivity contribution in [2.75, 3.05) is 6.61 Å². The van der Waals surface area contributed by atoms with Crippen molar-refractivity contribution in [1.29, 1.82) is 0 Å². The van der Waals surface area contributed by atoms with E-state index in [2.05, 4.69) is 20.8 Å². The van der Waals surface area contributed by atoms with Crippen LogP contribution in [0.2, 0.25) is 0 Å². The van der Waals surface area contributed by atoms with Crippen molar-refractivity contribution in [3.05, 3.63) is 17.7 Å². The van der Waals surface area contributed by atoms with Crippen molar-refractivity contribution in [3.63, 3.8) is 0 Å². The van der Waals surface area contributed by atoms with Crippen LogP contribution in [0.25, 0.3) is 0 Å². The smallest absolute Gasteiger partial charge is 0.550 e. The molecule has 0 amide bonds. The molecule has 9 nitrogen and oxygen atoms in total. The van der Waals surface area contributed by atoms with Crippen LogP contribution >= 0.6 is 0 Å². The molecule has 0 aliphatic rings. The van der Waals surface area contributed by atoms with Gasteiger partial charge in [0, 0.05) is 11.9 Å². The SMILES string of the molecule is CCCCCCCCCCCCCCCCCC(=O)[O-].CCCCCCCCCCCCCCCCCC(=O)[O-].CCCCCCCCCCCCCCCCCCCCCCOC(=O)c1cc(O)c(O)c(O)c1.[Fe+2]. The summed E-state index contributed by atoms with van der Waals surface area (Å²) in [6, 6.07) is 2.18. The van der Waals surface area contributed by atoms with Gasteiger partial charge in [0.25, 0.3) is 0 Å². The molecule has 10 heteroatoms. The summed E-state index contributed by atoms with van der Waals surface area (Å²) in [5.74, 6) is -4.12. The molecule has 0 heterocycles. The second-order valence-corrected chi connectivity index (χ2v) is 21.9. The fraction of sp³-hybridized carbons (Fsp3) is 0.862. The van der Waals surface area contributed by atoms with Gasteiger partial charge in [0.05, 0.1) is 12.2 Å². The van der Waals surface area contributed by atoms with E-state index in [1.807, 2.05) is 0 Å². The van der Waals surface area contributed by atoms with Crippen LogP contribution in [0.1, 0.15) is 365 Å². The van der Waals surface area contributed by atoms with E-state index in [1.54, 1.807) is 0 Å². The molecule has 0 unspecified atom stereocenters. The first kappa shape index (κ1) is 76.8. The number of hydrogen-bond acceptors (Lipinski definition) is 9. The number of rotatable bonds is 54. The van der Waals surface area contributed by atoms with Gasteiger partial charge in [0.2, 0.25) is 0 Å². The van der Waals surface area contributed by atoms with E-state index in [4.69, 9.17) is 4.74 Å². The largest absolute Gasteiger partial charge is 2.00 e. The van der Waals surface area contributed by atoms with Crippen LogP contribution in [0.3, 0.4) is 0 Å². The number of benzene rings is 1. The number of aliphatic carboxylic acids is 2. The number of unbranched alkanes of at least 4 members (excludes halogenated alkanes) is 47. The fourth-order valence-electron chi connectivity index (χ4n) is 9.61. The molecule has 0 aliphatic carbocycles. The van der Waals surface area contributed by atoms with Crippen molar-refractivity contribution in [2.24, 2.45) is 0 Å². The maximum Gasteiger partial charge on any atom is 2.00 e. The molecule has 0 saturated carbocycles. The van der Waals surface area contributed by atoms with Crippen LogP contribution in [0, 0.1) is 0 Å². The molecule has 442 valence electrons. The Morgan fingerprint density at radius 3 is 0.720 bits per heavy atom. The Kier molecular flexibility index (Phi) is 65.6. The number of hydrogen-bond donors (Lipinski definition) is 3. The summed E-state index contributed by atoms with van der Waals surface area (Å²) in [5.41, 5.74) is 0.0287. The average molecular weight is 1100 g/mol. The molecule has 0 spiro atoms. The van der Waals surface area contributed by atoms with Gasteiger partial charge < -0.3 is 39.9 Å². The Bertz CT molecular complexity index is 1270. The normalized spacial score (nSPS) is 10.8. The van der Waals surface area contributed by atoms with Gasteiger partial charge in [0.1, 0.15) is 0 Å². The second-order valence-electron chi connectivity index (χ2n) is 21.9. The van der Waals surface area contributed by atoms with Crippen LogP contribution in [-0.2, 0) is 31.4 Å². The molecule has 0 bridgehead atoms. The molecular weight excluding hydrogens is 981 g/mol. The molecule has 0 aliphatic heterocycles. The zero-order chi connectivity index (χ0) is 54.6. The monoisotopic (exact) mass is 1100 g/mol. The Morgan fingerprint density at radius 1 is 0.333 bits per heavy atom. The minimum atomic E-state index is -0.903. The molecule has 1 rings (SSSR count). The molecule has 0 aromatic heterocycles. The van der Waals surface area contributed by atoms with E-state index in [-0.39, 0.29) is 35.5 Å². The molecule has 0 saturated heterocycles. The summed E-state index contributed by atoms with van der Waals surface area (Å²) in [4.78, 5) is 32.4. The summed E-state index contributed by atoms with van der Waals surface area (Å²) in [5, 5.41) is 48.7. The first-order valence-corrected chi connectivity index (χ1v) is 31.9. The van der Waals surface area contributed by atoms with Crippen LogP contribution in [-0.4, -0.2) is 39.8 Å². The molecule has 3 N–H and O–H groups in total. The van der Waals surface area contributed by atoms with Crippen molar-refractivity contribution in [2.45, 2.75) is 355 Å². The molecular formula is C65H120FeO9. The predicted molar refractivity (Wildman–Crippen MR) is 309 cm³/mol. The summed E-state index contributed by atoms with van der Waals surface area (Å²) < 4.78 is 5.17. The maximum absolute atomic E-state index is 11.9. The second kappa shape index (κ2) is 64.1. The van der Waals surface area contributed by atoms with Gasteiger partial charge in [-0.3, -0.25) is 0 Å². The van der Waals surface area contributed by atoms with Gasteiger partial charge in [-0.1, -0.05) is 323 Å². The van der Waals surface area contributed by atoms with Crippen LogP contribution in [0.4, 0.5) is 0 Å². The third kappa shape index (κ3) is 62.3. The molecule has 0 radical (unpaired) electrons. The minimum absolute atomic E-state index is 0. The molecule has 1 aromatic rings. The Labute approximate surface area is 473 Å². The van der Waals surface area contributed by atoms with Gasteiger partial charge in [-0.05, 0) is 44.2 Å². The number of phenols is 3. The van der Waals surface area contributed by atoms with Crippen molar-refractivity contribution in [3.8, 4) is 17.2 Å². The fourth-order valence-corrected chi connectivity index (χ4v) is 9.61. The number of ether oxygens (including phenoxy) is 1. The molecule has 1 aromatic carbocycles. The first-order chi connectivity index (χ1) is 36.1. The number of aromatic hydroxyl groups is 3. The van der Waals surface area contributed by atoms with Gasteiger partial charge in [-0.2, -0.15) is 0 Å². The summed E-state index contributed by atoms with van der Waals surface area (Å²) in [6.45, 7) is 7.13. The van der Waals surface area contributed by atoms with Crippen LogP contribution in [0.15, 0.2) is 12.1 Å². The molecule has 0 atom stereocenters. The average Bonchev–Trinajstić information content (AvgIpc) is 3.38. The third-order valence-corrected chi connectivity index (χ3v) is 14.5. The zero-order valence-electron chi connectivity index (χ0n) is 49.3. The predicted octanol–water partition coefficient (Wildman–Crippen LogP) is 18.8. The van der Waals surface area contributed by atoms with E-state index in [1.165, 1.54) is 276 Å². The Hall–Kier alpha value is -2.45. The number of carboxylic acid groups (broad SMARTS) is 2. The first-order valence-electron chi connectivity index (χ1n) is 31.9. The maximum atomic E-state index is 11.9. The van der Waals surface area contributed by atoms with Crippen LogP contribution < -0.4 is 10.2 Å². The van der Waals surface area contributed by atoms with E-state index in [0.29, 0.717) is 6.61 Å². The Balaban J connectivity index is -0.00000109. The van der Waals surface area contributed by atoms with Crippen molar-refractivity contribution >= 4 is 17.9 Å². The Morgan fingerprint density at radius 2 is 0.520 bits per heavy atom. The topological polar surface area (TPSA) is 167 Å². The summed E-state index contributed by atoms with van der Waals surface area (Å²) in [6.07, 6.45) is 66.2.